The van der Waals surface area contributed by atoms with Gasteiger partial charge in [0.1, 0.15) is 11.9 Å². The van der Waals surface area contributed by atoms with E-state index in [1.165, 1.54) is 0 Å². The second-order valence-electron chi connectivity index (χ2n) is 3.31. The highest BCUT2D eigenvalue weighted by Gasteiger charge is 2.17. The van der Waals surface area contributed by atoms with E-state index in [0.29, 0.717) is 0 Å². The van der Waals surface area contributed by atoms with Crippen LogP contribution in [0.2, 0.25) is 0 Å². The van der Waals surface area contributed by atoms with Crippen LogP contribution in [0.5, 0.6) is 0 Å². The Bertz CT molecular complexity index is 403. The van der Waals surface area contributed by atoms with Crippen LogP contribution in [0.3, 0.4) is 0 Å². The molecule has 15 heavy (non-hydrogen) atoms. The van der Waals surface area contributed by atoms with Crippen molar-refractivity contribution in [2.45, 2.75) is 19.5 Å². The van der Waals surface area contributed by atoms with Crippen molar-refractivity contribution >= 4 is 0 Å². The normalized spacial score (nSPS) is 12.9. The Hall–Kier alpha value is -1.62. The summed E-state index contributed by atoms with van der Waals surface area (Å²) in [6, 6.07) is 2.03. The van der Waals surface area contributed by atoms with Gasteiger partial charge in [-0.15, -0.1) is 0 Å². The number of aromatic nitrogens is 4. The quantitative estimate of drug-likeness (QED) is 0.780. The standard InChI is InChI=1S/C10H15N5/c1-3-15-7-6-12-10(15)9(11-2)8-4-5-13-14-8/h4-7,9,11H,3H2,1-2H3,(H,13,14). The summed E-state index contributed by atoms with van der Waals surface area (Å²) in [7, 11) is 1.92. The molecule has 0 radical (unpaired) electrons. The molecule has 2 N–H and O–H groups in total. The Labute approximate surface area is 88.5 Å². The summed E-state index contributed by atoms with van der Waals surface area (Å²) in [5.41, 5.74) is 1.03. The van der Waals surface area contributed by atoms with Crippen molar-refractivity contribution in [2.24, 2.45) is 0 Å². The zero-order chi connectivity index (χ0) is 10.7. The lowest BCUT2D eigenvalue weighted by Gasteiger charge is -2.15. The van der Waals surface area contributed by atoms with Gasteiger partial charge in [-0.1, -0.05) is 0 Å². The molecule has 0 bridgehead atoms. The highest BCUT2D eigenvalue weighted by Crippen LogP contribution is 2.17. The van der Waals surface area contributed by atoms with E-state index >= 15 is 0 Å². The van der Waals surface area contributed by atoms with Crippen LogP contribution in [0.15, 0.2) is 24.7 Å². The van der Waals surface area contributed by atoms with Crippen molar-refractivity contribution < 1.29 is 0 Å². The largest absolute Gasteiger partial charge is 0.334 e. The summed E-state index contributed by atoms with van der Waals surface area (Å²) in [5, 5.41) is 10.1. The minimum Gasteiger partial charge on any atom is -0.334 e. The van der Waals surface area contributed by atoms with Crippen LogP contribution in [0.4, 0.5) is 0 Å². The number of aryl methyl sites for hydroxylation is 1. The molecule has 2 aromatic rings. The predicted octanol–water partition coefficient (Wildman–Crippen LogP) is 0.935. The number of hydrogen-bond acceptors (Lipinski definition) is 3. The molecule has 0 aliphatic rings. The summed E-state index contributed by atoms with van der Waals surface area (Å²) < 4.78 is 2.11. The highest BCUT2D eigenvalue weighted by atomic mass is 15.2. The van der Waals surface area contributed by atoms with Crippen LogP contribution >= 0.6 is 0 Å². The summed E-state index contributed by atoms with van der Waals surface area (Å²) >= 11 is 0. The number of imidazole rings is 1. The first-order valence-electron chi connectivity index (χ1n) is 5.04. The lowest BCUT2D eigenvalue weighted by Crippen LogP contribution is -2.22. The fourth-order valence-electron chi connectivity index (χ4n) is 1.70. The third-order valence-electron chi connectivity index (χ3n) is 2.47. The van der Waals surface area contributed by atoms with Gasteiger partial charge in [0.05, 0.1) is 5.69 Å². The average molecular weight is 205 g/mol. The molecule has 0 fully saturated rings. The summed E-state index contributed by atoms with van der Waals surface area (Å²) in [6.45, 7) is 3.02. The van der Waals surface area contributed by atoms with Crippen molar-refractivity contribution in [3.63, 3.8) is 0 Å². The van der Waals surface area contributed by atoms with Crippen molar-refractivity contribution in [3.05, 3.63) is 36.2 Å². The molecule has 1 atom stereocenters. The van der Waals surface area contributed by atoms with Crippen molar-refractivity contribution in [1.29, 1.82) is 0 Å². The average Bonchev–Trinajstić information content (AvgIpc) is 2.89. The van der Waals surface area contributed by atoms with E-state index in [2.05, 4.69) is 32.0 Å². The van der Waals surface area contributed by atoms with Gasteiger partial charge >= 0.3 is 0 Å². The van der Waals surface area contributed by atoms with Gasteiger partial charge in [0.25, 0.3) is 0 Å². The minimum atomic E-state index is 0.0717. The lowest BCUT2D eigenvalue weighted by molar-refractivity contribution is 0.578. The van der Waals surface area contributed by atoms with Gasteiger partial charge in [-0.25, -0.2) is 4.98 Å². The van der Waals surface area contributed by atoms with Gasteiger partial charge in [0.2, 0.25) is 0 Å². The van der Waals surface area contributed by atoms with Crippen molar-refractivity contribution in [3.8, 4) is 0 Å². The molecule has 5 heteroatoms. The van der Waals surface area contributed by atoms with E-state index in [9.17, 15) is 0 Å². The Balaban J connectivity index is 2.35. The molecule has 1 unspecified atom stereocenters. The zero-order valence-corrected chi connectivity index (χ0v) is 8.94. The maximum atomic E-state index is 4.37. The fourth-order valence-corrected chi connectivity index (χ4v) is 1.70. The first-order chi connectivity index (χ1) is 7.36. The van der Waals surface area contributed by atoms with Gasteiger partial charge in [-0.2, -0.15) is 5.10 Å². The molecule has 5 nitrogen and oxygen atoms in total. The first kappa shape index (κ1) is 9.92. The third kappa shape index (κ3) is 1.78. The number of nitrogens with one attached hydrogen (secondary N) is 2. The molecule has 2 aromatic heterocycles. The van der Waals surface area contributed by atoms with Crippen LogP contribution in [-0.2, 0) is 6.54 Å². The molecule has 0 aliphatic heterocycles. The van der Waals surface area contributed by atoms with Gasteiger partial charge in [0, 0.05) is 25.1 Å². The maximum absolute atomic E-state index is 4.37. The zero-order valence-electron chi connectivity index (χ0n) is 8.94. The Morgan fingerprint density at radius 2 is 2.40 bits per heavy atom. The van der Waals surface area contributed by atoms with E-state index in [-0.39, 0.29) is 6.04 Å². The number of aromatic amines is 1. The maximum Gasteiger partial charge on any atom is 0.132 e. The van der Waals surface area contributed by atoms with E-state index < -0.39 is 0 Å². The second kappa shape index (κ2) is 4.27. The van der Waals surface area contributed by atoms with Crippen LogP contribution in [-0.4, -0.2) is 26.8 Å². The van der Waals surface area contributed by atoms with Crippen molar-refractivity contribution in [1.82, 2.24) is 25.1 Å². The molecule has 80 valence electrons. The first-order valence-corrected chi connectivity index (χ1v) is 5.04. The van der Waals surface area contributed by atoms with Gasteiger partial charge in [-0.05, 0) is 20.0 Å². The number of nitrogens with zero attached hydrogens (tertiary/aromatic N) is 3. The van der Waals surface area contributed by atoms with E-state index in [4.69, 9.17) is 0 Å². The summed E-state index contributed by atoms with van der Waals surface area (Å²) in [5.74, 6) is 1.00. The lowest BCUT2D eigenvalue weighted by atomic mass is 10.2. The molecule has 2 heterocycles. The summed E-state index contributed by atoms with van der Waals surface area (Å²) in [4.78, 5) is 4.37. The Kier molecular flexibility index (Phi) is 2.82. The van der Waals surface area contributed by atoms with Gasteiger partial charge in [0.15, 0.2) is 0 Å². The van der Waals surface area contributed by atoms with E-state index in [1.54, 1.807) is 6.20 Å². The SMILES string of the molecule is CCn1ccnc1C(NC)c1ccn[nH]1. The van der Waals surface area contributed by atoms with Gasteiger partial charge < -0.3 is 9.88 Å². The Morgan fingerprint density at radius 3 is 3.00 bits per heavy atom. The molecule has 0 amide bonds. The van der Waals surface area contributed by atoms with Crippen LogP contribution < -0.4 is 5.32 Å². The van der Waals surface area contributed by atoms with Crippen LogP contribution in [0.1, 0.15) is 24.5 Å². The van der Waals surface area contributed by atoms with Gasteiger partial charge in [-0.3, -0.25) is 5.10 Å². The molecule has 2 rings (SSSR count). The topological polar surface area (TPSA) is 58.5 Å². The number of H-pyrrole nitrogens is 1. The number of hydrogen-bond donors (Lipinski definition) is 2. The monoisotopic (exact) mass is 205 g/mol. The van der Waals surface area contributed by atoms with E-state index in [1.807, 2.05) is 25.5 Å². The smallest absolute Gasteiger partial charge is 0.132 e. The molecular weight excluding hydrogens is 190 g/mol. The van der Waals surface area contributed by atoms with Crippen LogP contribution in [0, 0.1) is 0 Å². The molecule has 0 spiro atoms. The highest BCUT2D eigenvalue weighted by molar-refractivity contribution is 5.16. The Morgan fingerprint density at radius 1 is 1.53 bits per heavy atom. The minimum absolute atomic E-state index is 0.0717. The van der Waals surface area contributed by atoms with E-state index in [0.717, 1.165) is 18.1 Å². The number of rotatable bonds is 4. The van der Waals surface area contributed by atoms with Crippen molar-refractivity contribution in [2.75, 3.05) is 7.05 Å². The summed E-state index contributed by atoms with van der Waals surface area (Å²) in [6.07, 6.45) is 5.55. The fraction of sp³-hybridized carbons (Fsp3) is 0.400. The molecular formula is C10H15N5. The molecule has 0 aliphatic carbocycles. The molecule has 0 saturated heterocycles. The predicted molar refractivity (Wildman–Crippen MR) is 57.4 cm³/mol. The molecule has 0 aromatic carbocycles. The molecule has 0 saturated carbocycles. The third-order valence-corrected chi connectivity index (χ3v) is 2.47. The second-order valence-corrected chi connectivity index (χ2v) is 3.31. The van der Waals surface area contributed by atoms with Crippen LogP contribution in [0.25, 0.3) is 0 Å².